The van der Waals surface area contributed by atoms with E-state index < -0.39 is 0 Å². The first-order valence-electron chi connectivity index (χ1n) is 6.00. The minimum Gasteiger partial charge on any atom is -0.329 e. The molecule has 2 N–H and O–H groups in total. The molecule has 1 fully saturated rings. The number of nitrogens with zero attached hydrogens (tertiary/aromatic N) is 2. The molecule has 0 bridgehead atoms. The number of thiophene rings is 1. The molecule has 1 aliphatic heterocycles. The Morgan fingerprint density at radius 3 is 2.53 bits per heavy atom. The first-order chi connectivity index (χ1) is 8.11. The molecule has 2 rings (SSSR count). The molecule has 96 valence electrons. The summed E-state index contributed by atoms with van der Waals surface area (Å²) >= 11 is 5.45. The van der Waals surface area contributed by atoms with Crippen LogP contribution in [0.5, 0.6) is 0 Å². The molecule has 1 unspecified atom stereocenters. The monoisotopic (exact) mass is 317 g/mol. The van der Waals surface area contributed by atoms with Crippen molar-refractivity contribution in [2.24, 2.45) is 5.73 Å². The van der Waals surface area contributed by atoms with Gasteiger partial charge in [-0.25, -0.2) is 0 Å². The Bertz CT molecular complexity index is 352. The van der Waals surface area contributed by atoms with Gasteiger partial charge in [-0.1, -0.05) is 0 Å². The van der Waals surface area contributed by atoms with Gasteiger partial charge >= 0.3 is 0 Å². The number of piperazine rings is 1. The van der Waals surface area contributed by atoms with E-state index >= 15 is 0 Å². The van der Waals surface area contributed by atoms with Crippen molar-refractivity contribution < 1.29 is 0 Å². The molecule has 5 heteroatoms. The van der Waals surface area contributed by atoms with Crippen LogP contribution in [-0.2, 0) is 0 Å². The normalized spacial score (nSPS) is 20.7. The van der Waals surface area contributed by atoms with E-state index in [1.54, 1.807) is 0 Å². The number of hydrogen-bond acceptors (Lipinski definition) is 4. The summed E-state index contributed by atoms with van der Waals surface area (Å²) in [6.45, 7) is 7.37. The molecule has 1 aromatic rings. The SMILES string of the molecule is Cc1sc(C(CN)N2CCN(C)CC2)cc1Br. The maximum atomic E-state index is 5.97. The summed E-state index contributed by atoms with van der Waals surface area (Å²) in [4.78, 5) is 7.62. The minimum absolute atomic E-state index is 0.388. The lowest BCUT2D eigenvalue weighted by molar-refractivity contribution is 0.116. The first-order valence-corrected chi connectivity index (χ1v) is 7.61. The lowest BCUT2D eigenvalue weighted by Crippen LogP contribution is -2.47. The first kappa shape index (κ1) is 13.5. The van der Waals surface area contributed by atoms with Crippen LogP contribution in [0.4, 0.5) is 0 Å². The highest BCUT2D eigenvalue weighted by molar-refractivity contribution is 9.10. The lowest BCUT2D eigenvalue weighted by atomic mass is 10.1. The molecule has 1 atom stereocenters. The van der Waals surface area contributed by atoms with Crippen molar-refractivity contribution in [3.8, 4) is 0 Å². The molecular formula is C12H20BrN3S. The van der Waals surface area contributed by atoms with Gasteiger partial charge in [0.2, 0.25) is 0 Å². The molecule has 0 spiro atoms. The van der Waals surface area contributed by atoms with Crippen molar-refractivity contribution >= 4 is 27.3 Å². The Kier molecular flexibility index (Phi) is 4.60. The fraction of sp³-hybridized carbons (Fsp3) is 0.667. The summed E-state index contributed by atoms with van der Waals surface area (Å²) in [5.41, 5.74) is 5.97. The van der Waals surface area contributed by atoms with Crippen molar-refractivity contribution in [1.29, 1.82) is 0 Å². The summed E-state index contributed by atoms with van der Waals surface area (Å²) in [6.07, 6.45) is 0. The fourth-order valence-corrected chi connectivity index (χ4v) is 3.93. The molecule has 1 saturated heterocycles. The van der Waals surface area contributed by atoms with Crippen LogP contribution in [0.1, 0.15) is 15.8 Å². The van der Waals surface area contributed by atoms with Crippen LogP contribution in [0.15, 0.2) is 10.5 Å². The predicted octanol–water partition coefficient (Wildman–Crippen LogP) is 2.07. The minimum atomic E-state index is 0.388. The molecule has 3 nitrogen and oxygen atoms in total. The molecule has 17 heavy (non-hydrogen) atoms. The second-order valence-corrected chi connectivity index (χ2v) is 6.79. The van der Waals surface area contributed by atoms with Crippen LogP contribution in [0.25, 0.3) is 0 Å². The zero-order valence-corrected chi connectivity index (χ0v) is 12.9. The van der Waals surface area contributed by atoms with E-state index in [1.807, 2.05) is 11.3 Å². The van der Waals surface area contributed by atoms with Gasteiger partial charge in [0.15, 0.2) is 0 Å². The van der Waals surface area contributed by atoms with Crippen molar-refractivity contribution in [3.05, 3.63) is 20.3 Å². The van der Waals surface area contributed by atoms with Gasteiger partial charge in [0.25, 0.3) is 0 Å². The molecule has 2 heterocycles. The van der Waals surface area contributed by atoms with Crippen LogP contribution in [0.3, 0.4) is 0 Å². The Morgan fingerprint density at radius 2 is 2.06 bits per heavy atom. The smallest absolute Gasteiger partial charge is 0.0565 e. The van der Waals surface area contributed by atoms with Crippen LogP contribution < -0.4 is 5.73 Å². The fourth-order valence-electron chi connectivity index (χ4n) is 2.22. The van der Waals surface area contributed by atoms with Gasteiger partial charge in [0.1, 0.15) is 0 Å². The van der Waals surface area contributed by atoms with E-state index in [0.29, 0.717) is 12.6 Å². The Morgan fingerprint density at radius 1 is 1.41 bits per heavy atom. The third kappa shape index (κ3) is 3.09. The number of rotatable bonds is 3. The van der Waals surface area contributed by atoms with Crippen molar-refractivity contribution in [2.75, 3.05) is 39.8 Å². The summed E-state index contributed by atoms with van der Waals surface area (Å²) in [6, 6.07) is 2.62. The van der Waals surface area contributed by atoms with Gasteiger partial charge in [-0.3, -0.25) is 4.90 Å². The highest BCUT2D eigenvalue weighted by Crippen LogP contribution is 2.33. The van der Waals surface area contributed by atoms with E-state index in [0.717, 1.165) is 26.2 Å². The standard InChI is InChI=1S/C12H20BrN3S/c1-9-10(13)7-12(17-9)11(8-14)16-5-3-15(2)4-6-16/h7,11H,3-6,8,14H2,1-2H3. The molecule has 1 aliphatic rings. The summed E-state index contributed by atoms with van der Waals surface area (Å²) in [7, 11) is 2.18. The molecule has 1 aromatic heterocycles. The number of likely N-dealkylation sites (N-methyl/N-ethyl adjacent to an activating group) is 1. The highest BCUT2D eigenvalue weighted by Gasteiger charge is 2.24. The quantitative estimate of drug-likeness (QED) is 0.926. The Balaban J connectivity index is 2.10. The second kappa shape index (κ2) is 5.80. The maximum absolute atomic E-state index is 5.97. The van der Waals surface area contributed by atoms with E-state index in [-0.39, 0.29) is 0 Å². The van der Waals surface area contributed by atoms with E-state index in [9.17, 15) is 0 Å². The zero-order valence-electron chi connectivity index (χ0n) is 10.4. The van der Waals surface area contributed by atoms with Crippen molar-refractivity contribution in [2.45, 2.75) is 13.0 Å². The van der Waals surface area contributed by atoms with Crippen molar-refractivity contribution in [1.82, 2.24) is 9.80 Å². The van der Waals surface area contributed by atoms with Crippen LogP contribution in [0, 0.1) is 6.92 Å². The van der Waals surface area contributed by atoms with E-state index in [2.05, 4.69) is 45.8 Å². The number of aryl methyl sites for hydroxylation is 1. The number of nitrogens with two attached hydrogens (primary N) is 1. The lowest BCUT2D eigenvalue weighted by Gasteiger charge is -2.37. The molecule has 0 amide bonds. The van der Waals surface area contributed by atoms with Gasteiger partial charge in [0.05, 0.1) is 6.04 Å². The third-order valence-electron chi connectivity index (χ3n) is 3.41. The van der Waals surface area contributed by atoms with Crippen molar-refractivity contribution in [3.63, 3.8) is 0 Å². The molecule has 0 aliphatic carbocycles. The predicted molar refractivity (Wildman–Crippen MR) is 77.6 cm³/mol. The topological polar surface area (TPSA) is 32.5 Å². The van der Waals surface area contributed by atoms with Crippen LogP contribution in [0.2, 0.25) is 0 Å². The average Bonchev–Trinajstić information content (AvgIpc) is 2.63. The van der Waals surface area contributed by atoms with Gasteiger partial charge in [0, 0.05) is 47.0 Å². The van der Waals surface area contributed by atoms with Crippen LogP contribution >= 0.6 is 27.3 Å². The summed E-state index contributed by atoms with van der Waals surface area (Å²) < 4.78 is 1.21. The molecule has 0 radical (unpaired) electrons. The third-order valence-corrected chi connectivity index (χ3v) is 5.64. The second-order valence-electron chi connectivity index (χ2n) is 4.64. The van der Waals surface area contributed by atoms with Gasteiger partial charge in [-0.15, -0.1) is 11.3 Å². The molecule has 0 saturated carbocycles. The molecular weight excluding hydrogens is 298 g/mol. The van der Waals surface area contributed by atoms with E-state index in [1.165, 1.54) is 14.2 Å². The Labute approximate surface area is 116 Å². The largest absolute Gasteiger partial charge is 0.329 e. The Hall–Kier alpha value is 0.0600. The zero-order chi connectivity index (χ0) is 12.4. The van der Waals surface area contributed by atoms with E-state index in [4.69, 9.17) is 5.73 Å². The number of hydrogen-bond donors (Lipinski definition) is 1. The maximum Gasteiger partial charge on any atom is 0.0565 e. The summed E-state index contributed by atoms with van der Waals surface area (Å²) in [5, 5.41) is 0. The molecule has 0 aromatic carbocycles. The average molecular weight is 318 g/mol. The highest BCUT2D eigenvalue weighted by atomic mass is 79.9. The van der Waals surface area contributed by atoms with Gasteiger partial charge in [-0.2, -0.15) is 0 Å². The summed E-state index contributed by atoms with van der Waals surface area (Å²) in [5.74, 6) is 0. The number of halogens is 1. The van der Waals surface area contributed by atoms with Crippen LogP contribution in [-0.4, -0.2) is 49.6 Å². The van der Waals surface area contributed by atoms with Gasteiger partial charge in [-0.05, 0) is 36.0 Å². The van der Waals surface area contributed by atoms with Gasteiger partial charge < -0.3 is 10.6 Å².